The Labute approximate surface area is 130 Å². The number of rotatable bonds is 3. The molecule has 0 bridgehead atoms. The Balaban J connectivity index is 2.15. The van der Waals surface area contributed by atoms with E-state index in [1.54, 1.807) is 0 Å². The van der Waals surface area contributed by atoms with Crippen LogP contribution in [-0.2, 0) is 4.79 Å². The van der Waals surface area contributed by atoms with Crippen molar-refractivity contribution in [3.63, 3.8) is 0 Å². The third kappa shape index (κ3) is 3.91. The van der Waals surface area contributed by atoms with Gasteiger partial charge in [0, 0.05) is 31.9 Å². The Morgan fingerprint density at radius 2 is 2.09 bits per heavy atom. The summed E-state index contributed by atoms with van der Waals surface area (Å²) in [5.41, 5.74) is 5.79. The lowest BCUT2D eigenvalue weighted by Gasteiger charge is -2.40. The molecule has 0 aromatic carbocycles. The molecule has 9 heteroatoms. The minimum Gasteiger partial charge on any atom is -0.380 e. The minimum atomic E-state index is -4.45. The number of anilines is 1. The zero-order valence-electron chi connectivity index (χ0n) is 12.4. The minimum absolute atomic E-state index is 0.0972. The summed E-state index contributed by atoms with van der Waals surface area (Å²) in [6, 6.07) is -0.655. The maximum atomic E-state index is 13.0. The zero-order valence-corrected chi connectivity index (χ0v) is 12.4. The second-order valence-electron chi connectivity index (χ2n) is 5.43. The number of halogens is 3. The normalized spacial score (nSPS) is 21.8. The zero-order chi connectivity index (χ0) is 17.2. The number of pyridine rings is 1. The maximum absolute atomic E-state index is 13.0. The van der Waals surface area contributed by atoms with Crippen LogP contribution in [-0.4, -0.2) is 46.5 Å². The molecule has 126 valence electrons. The lowest BCUT2D eigenvalue weighted by molar-refractivity contribution is -0.195. The van der Waals surface area contributed by atoms with Gasteiger partial charge in [-0.3, -0.25) is 14.6 Å². The number of primary amides is 1. The number of nitrogens with one attached hydrogen (secondary N) is 1. The summed E-state index contributed by atoms with van der Waals surface area (Å²) in [6.07, 6.45) is -1.70. The molecule has 1 aliphatic heterocycles. The third-order valence-electron chi connectivity index (χ3n) is 3.81. The van der Waals surface area contributed by atoms with Crippen LogP contribution in [0.15, 0.2) is 18.5 Å². The van der Waals surface area contributed by atoms with E-state index in [9.17, 15) is 22.8 Å². The number of hydrogen-bond donors (Lipinski definition) is 2. The summed E-state index contributed by atoms with van der Waals surface area (Å²) in [4.78, 5) is 27.5. The lowest BCUT2D eigenvalue weighted by atomic mass is 9.97. The van der Waals surface area contributed by atoms with E-state index < -0.39 is 30.1 Å². The number of carbonyl (C=O) groups is 2. The van der Waals surface area contributed by atoms with Crippen molar-refractivity contribution in [2.24, 2.45) is 5.73 Å². The Kier molecular flexibility index (Phi) is 4.76. The smallest absolute Gasteiger partial charge is 0.380 e. The largest absolute Gasteiger partial charge is 0.408 e. The predicted octanol–water partition coefficient (Wildman–Crippen LogP) is 1.53. The average Bonchev–Trinajstić information content (AvgIpc) is 2.46. The first-order chi connectivity index (χ1) is 10.7. The number of amides is 2. The molecular weight excluding hydrogens is 313 g/mol. The highest BCUT2D eigenvalue weighted by Crippen LogP contribution is 2.33. The van der Waals surface area contributed by atoms with Crippen LogP contribution in [0.5, 0.6) is 0 Å². The molecule has 1 aromatic rings. The molecule has 2 atom stereocenters. The van der Waals surface area contributed by atoms with Crippen molar-refractivity contribution in [2.75, 3.05) is 11.9 Å². The van der Waals surface area contributed by atoms with Crippen LogP contribution in [0.2, 0.25) is 0 Å². The fourth-order valence-electron chi connectivity index (χ4n) is 2.71. The third-order valence-corrected chi connectivity index (χ3v) is 3.81. The van der Waals surface area contributed by atoms with E-state index in [1.807, 2.05) is 0 Å². The molecule has 1 aromatic heterocycles. The first kappa shape index (κ1) is 17.0. The maximum Gasteiger partial charge on any atom is 0.408 e. The molecule has 23 heavy (non-hydrogen) atoms. The van der Waals surface area contributed by atoms with Crippen molar-refractivity contribution in [3.8, 4) is 0 Å². The topological polar surface area (TPSA) is 88.3 Å². The SMILES string of the molecule is CC(=O)N1CC(Nc2ccncc2C(N)=O)CCC1C(F)(F)F. The highest BCUT2D eigenvalue weighted by molar-refractivity contribution is 5.98. The monoisotopic (exact) mass is 330 g/mol. The van der Waals surface area contributed by atoms with Gasteiger partial charge in [-0.2, -0.15) is 13.2 Å². The van der Waals surface area contributed by atoms with Crippen LogP contribution in [0.25, 0.3) is 0 Å². The number of likely N-dealkylation sites (tertiary alicyclic amines) is 1. The highest BCUT2D eigenvalue weighted by Gasteiger charge is 2.47. The molecule has 2 amide bonds. The second kappa shape index (κ2) is 6.43. The van der Waals surface area contributed by atoms with E-state index in [0.29, 0.717) is 5.69 Å². The predicted molar refractivity (Wildman–Crippen MR) is 76.6 cm³/mol. The molecule has 0 saturated carbocycles. The number of nitrogens with two attached hydrogens (primary N) is 1. The number of carbonyl (C=O) groups excluding carboxylic acids is 2. The Morgan fingerprint density at radius 1 is 1.39 bits per heavy atom. The van der Waals surface area contributed by atoms with Gasteiger partial charge >= 0.3 is 6.18 Å². The Morgan fingerprint density at radius 3 is 2.65 bits per heavy atom. The molecule has 1 aliphatic rings. The van der Waals surface area contributed by atoms with Gasteiger partial charge in [0.15, 0.2) is 0 Å². The summed E-state index contributed by atoms with van der Waals surface area (Å²) in [5, 5.41) is 2.99. The summed E-state index contributed by atoms with van der Waals surface area (Å²) < 4.78 is 39.0. The number of hydrogen-bond acceptors (Lipinski definition) is 4. The molecule has 0 spiro atoms. The summed E-state index contributed by atoms with van der Waals surface area (Å²) in [5.74, 6) is -1.32. The van der Waals surface area contributed by atoms with Gasteiger partial charge in [-0.15, -0.1) is 0 Å². The van der Waals surface area contributed by atoms with Gasteiger partial charge in [0.2, 0.25) is 5.91 Å². The van der Waals surface area contributed by atoms with Gasteiger partial charge in [-0.25, -0.2) is 0 Å². The van der Waals surface area contributed by atoms with Crippen molar-refractivity contribution >= 4 is 17.5 Å². The Bertz CT molecular complexity index is 606. The van der Waals surface area contributed by atoms with Crippen LogP contribution in [0.4, 0.5) is 18.9 Å². The van der Waals surface area contributed by atoms with Gasteiger partial charge < -0.3 is 16.0 Å². The molecule has 1 saturated heterocycles. The lowest BCUT2D eigenvalue weighted by Crippen LogP contribution is -2.55. The van der Waals surface area contributed by atoms with Crippen LogP contribution in [0.1, 0.15) is 30.1 Å². The molecule has 3 N–H and O–H groups in total. The average molecular weight is 330 g/mol. The molecule has 2 rings (SSSR count). The van der Waals surface area contributed by atoms with Crippen molar-refractivity contribution in [1.82, 2.24) is 9.88 Å². The van der Waals surface area contributed by atoms with E-state index in [1.165, 1.54) is 18.5 Å². The van der Waals surface area contributed by atoms with Crippen LogP contribution in [0.3, 0.4) is 0 Å². The van der Waals surface area contributed by atoms with E-state index >= 15 is 0 Å². The molecule has 0 aliphatic carbocycles. The van der Waals surface area contributed by atoms with Gasteiger partial charge in [0.05, 0.1) is 11.3 Å². The quantitative estimate of drug-likeness (QED) is 0.880. The van der Waals surface area contributed by atoms with Crippen LogP contribution < -0.4 is 11.1 Å². The molecule has 0 radical (unpaired) electrons. The molecular formula is C14H17F3N4O2. The van der Waals surface area contributed by atoms with Gasteiger partial charge in [0.25, 0.3) is 5.91 Å². The summed E-state index contributed by atoms with van der Waals surface area (Å²) >= 11 is 0. The highest BCUT2D eigenvalue weighted by atomic mass is 19.4. The van der Waals surface area contributed by atoms with Crippen molar-refractivity contribution in [2.45, 2.75) is 38.0 Å². The first-order valence-electron chi connectivity index (χ1n) is 7.04. The number of alkyl halides is 3. The molecule has 1 fully saturated rings. The van der Waals surface area contributed by atoms with E-state index in [2.05, 4.69) is 10.3 Å². The summed E-state index contributed by atoms with van der Waals surface area (Å²) in [6.45, 7) is 1.02. The van der Waals surface area contributed by atoms with Gasteiger partial charge in [-0.05, 0) is 18.9 Å². The fraction of sp³-hybridized carbons (Fsp3) is 0.500. The van der Waals surface area contributed by atoms with E-state index in [-0.39, 0.29) is 24.9 Å². The fourth-order valence-corrected chi connectivity index (χ4v) is 2.71. The molecule has 2 heterocycles. The second-order valence-corrected chi connectivity index (χ2v) is 5.43. The van der Waals surface area contributed by atoms with E-state index in [4.69, 9.17) is 5.73 Å². The number of piperidine rings is 1. The molecule has 6 nitrogen and oxygen atoms in total. The number of nitrogens with zero attached hydrogens (tertiary/aromatic N) is 2. The number of aromatic nitrogens is 1. The standard InChI is InChI=1S/C14H17F3N4O2/c1-8(22)21-7-9(2-3-12(21)14(15,16)17)20-11-4-5-19-6-10(11)13(18)23/h4-6,9,12H,2-3,7H2,1H3,(H2,18,23)(H,19,20). The van der Waals surface area contributed by atoms with Crippen LogP contribution in [0, 0.1) is 0 Å². The van der Waals surface area contributed by atoms with E-state index in [0.717, 1.165) is 11.8 Å². The Hall–Kier alpha value is -2.32. The van der Waals surface area contributed by atoms with Gasteiger partial charge in [0.1, 0.15) is 6.04 Å². The van der Waals surface area contributed by atoms with Gasteiger partial charge in [-0.1, -0.05) is 0 Å². The van der Waals surface area contributed by atoms with Crippen molar-refractivity contribution < 1.29 is 22.8 Å². The first-order valence-corrected chi connectivity index (χ1v) is 7.04. The van der Waals surface area contributed by atoms with Crippen molar-refractivity contribution in [3.05, 3.63) is 24.0 Å². The van der Waals surface area contributed by atoms with Crippen LogP contribution >= 0.6 is 0 Å². The summed E-state index contributed by atoms with van der Waals surface area (Å²) in [7, 11) is 0. The van der Waals surface area contributed by atoms with Crippen molar-refractivity contribution in [1.29, 1.82) is 0 Å². The molecule has 2 unspecified atom stereocenters.